The third kappa shape index (κ3) is 4.32. The van der Waals surface area contributed by atoms with Crippen LogP contribution in [0.25, 0.3) is 0 Å². The van der Waals surface area contributed by atoms with Gasteiger partial charge in [0.05, 0.1) is 17.2 Å². The summed E-state index contributed by atoms with van der Waals surface area (Å²) >= 11 is 0. The number of nitrogens with one attached hydrogen (secondary N) is 1. The van der Waals surface area contributed by atoms with E-state index in [4.69, 9.17) is 0 Å². The van der Waals surface area contributed by atoms with Crippen molar-refractivity contribution < 1.29 is 27.5 Å². The van der Waals surface area contributed by atoms with Gasteiger partial charge in [-0.25, -0.2) is 4.39 Å². The standard InChI is InChI=1S/C17H15F4NO2/c18-15-12(7-4-8-13(15)17(19,20)21)16(24)22-10-9-14(23)11-5-2-1-3-6-11/h1-8,14,23H,9-10H2,(H,22,24). The fraction of sp³-hybridized carbons (Fsp3) is 0.235. The number of aliphatic hydroxyl groups is 1. The van der Waals surface area contributed by atoms with Crippen molar-refractivity contribution in [2.45, 2.75) is 18.7 Å². The van der Waals surface area contributed by atoms with Crippen molar-refractivity contribution >= 4 is 5.91 Å². The highest BCUT2D eigenvalue weighted by Gasteiger charge is 2.35. The van der Waals surface area contributed by atoms with E-state index in [1.807, 2.05) is 0 Å². The second-order valence-corrected chi connectivity index (χ2v) is 5.14. The molecule has 2 N–H and O–H groups in total. The summed E-state index contributed by atoms with van der Waals surface area (Å²) in [5.74, 6) is -2.56. The molecule has 0 saturated heterocycles. The molecule has 2 aromatic carbocycles. The normalized spacial score (nSPS) is 12.7. The molecule has 1 unspecified atom stereocenters. The van der Waals surface area contributed by atoms with E-state index in [1.54, 1.807) is 30.3 Å². The quantitative estimate of drug-likeness (QED) is 0.815. The molecule has 0 aliphatic rings. The predicted octanol–water partition coefficient (Wildman–Crippen LogP) is 3.70. The Hall–Kier alpha value is -2.41. The first-order chi connectivity index (χ1) is 11.3. The highest BCUT2D eigenvalue weighted by molar-refractivity contribution is 5.94. The van der Waals surface area contributed by atoms with E-state index in [0.717, 1.165) is 12.1 Å². The summed E-state index contributed by atoms with van der Waals surface area (Å²) in [6.45, 7) is -0.00935. The van der Waals surface area contributed by atoms with Gasteiger partial charge in [0.15, 0.2) is 0 Å². The van der Waals surface area contributed by atoms with Crippen molar-refractivity contribution in [1.82, 2.24) is 5.32 Å². The number of aliphatic hydroxyl groups excluding tert-OH is 1. The number of carbonyl (C=O) groups excluding carboxylic acids is 1. The summed E-state index contributed by atoms with van der Waals surface area (Å²) in [7, 11) is 0. The van der Waals surface area contributed by atoms with Crippen molar-refractivity contribution in [2.75, 3.05) is 6.54 Å². The summed E-state index contributed by atoms with van der Waals surface area (Å²) in [6.07, 6.45) is -5.56. The molecule has 0 spiro atoms. The molecular weight excluding hydrogens is 326 g/mol. The number of alkyl halides is 3. The lowest BCUT2D eigenvalue weighted by atomic mass is 10.1. The van der Waals surface area contributed by atoms with E-state index in [9.17, 15) is 27.5 Å². The van der Waals surface area contributed by atoms with Gasteiger partial charge in [-0.2, -0.15) is 13.2 Å². The van der Waals surface area contributed by atoms with Crippen LogP contribution in [0.5, 0.6) is 0 Å². The zero-order valence-electron chi connectivity index (χ0n) is 12.5. The Morgan fingerprint density at radius 3 is 2.38 bits per heavy atom. The van der Waals surface area contributed by atoms with Gasteiger partial charge in [-0.05, 0) is 24.1 Å². The molecule has 0 fully saturated rings. The van der Waals surface area contributed by atoms with Gasteiger partial charge in [0, 0.05) is 6.54 Å². The van der Waals surface area contributed by atoms with Crippen LogP contribution in [0.3, 0.4) is 0 Å². The van der Waals surface area contributed by atoms with Crippen LogP contribution in [0.1, 0.15) is 34.0 Å². The third-order valence-electron chi connectivity index (χ3n) is 3.44. The van der Waals surface area contributed by atoms with Crippen LogP contribution in [-0.2, 0) is 6.18 Å². The van der Waals surface area contributed by atoms with Gasteiger partial charge >= 0.3 is 6.18 Å². The average molecular weight is 341 g/mol. The number of hydrogen-bond acceptors (Lipinski definition) is 2. The van der Waals surface area contributed by atoms with E-state index < -0.39 is 35.1 Å². The molecule has 3 nitrogen and oxygen atoms in total. The van der Waals surface area contributed by atoms with Crippen LogP contribution in [0, 0.1) is 5.82 Å². The van der Waals surface area contributed by atoms with Crippen LogP contribution in [-0.4, -0.2) is 17.6 Å². The Bertz CT molecular complexity index is 701. The molecule has 0 heterocycles. The molecule has 0 radical (unpaired) electrons. The smallest absolute Gasteiger partial charge is 0.388 e. The maximum absolute atomic E-state index is 13.8. The van der Waals surface area contributed by atoms with Gasteiger partial charge in [0.1, 0.15) is 5.82 Å². The first-order valence-electron chi connectivity index (χ1n) is 7.17. The lowest BCUT2D eigenvalue weighted by Crippen LogP contribution is -2.27. The number of amides is 1. The SMILES string of the molecule is O=C(NCCC(O)c1ccccc1)c1cccc(C(F)(F)F)c1F. The molecule has 0 saturated carbocycles. The lowest BCUT2D eigenvalue weighted by molar-refractivity contribution is -0.140. The fourth-order valence-electron chi connectivity index (χ4n) is 2.19. The molecule has 7 heteroatoms. The highest BCUT2D eigenvalue weighted by atomic mass is 19.4. The van der Waals surface area contributed by atoms with Crippen molar-refractivity contribution in [3.63, 3.8) is 0 Å². The summed E-state index contributed by atoms with van der Waals surface area (Å²) in [5.41, 5.74) is -1.52. The summed E-state index contributed by atoms with van der Waals surface area (Å²) in [6, 6.07) is 11.2. The molecule has 2 aromatic rings. The molecule has 0 aliphatic carbocycles. The topological polar surface area (TPSA) is 49.3 Å². The van der Waals surface area contributed by atoms with Gasteiger partial charge in [-0.1, -0.05) is 36.4 Å². The molecule has 0 bridgehead atoms. The minimum atomic E-state index is -4.87. The van der Waals surface area contributed by atoms with Gasteiger partial charge < -0.3 is 10.4 Å². The number of benzene rings is 2. The Labute approximate surface area is 135 Å². The number of rotatable bonds is 5. The zero-order valence-corrected chi connectivity index (χ0v) is 12.5. The average Bonchev–Trinajstić information content (AvgIpc) is 2.54. The molecule has 0 aliphatic heterocycles. The van der Waals surface area contributed by atoms with E-state index >= 15 is 0 Å². The van der Waals surface area contributed by atoms with Crippen LogP contribution in [0.2, 0.25) is 0 Å². The van der Waals surface area contributed by atoms with Crippen molar-refractivity contribution in [1.29, 1.82) is 0 Å². The molecular formula is C17H15F4NO2. The number of halogens is 4. The Morgan fingerprint density at radius 2 is 1.75 bits per heavy atom. The first-order valence-corrected chi connectivity index (χ1v) is 7.17. The predicted molar refractivity (Wildman–Crippen MR) is 79.8 cm³/mol. The Kier molecular flexibility index (Phi) is 5.56. The van der Waals surface area contributed by atoms with Crippen LogP contribution in [0.15, 0.2) is 48.5 Å². The maximum Gasteiger partial charge on any atom is 0.419 e. The van der Waals surface area contributed by atoms with E-state index in [0.29, 0.717) is 11.6 Å². The first kappa shape index (κ1) is 17.9. The molecule has 1 atom stereocenters. The molecule has 1 amide bonds. The van der Waals surface area contributed by atoms with Crippen molar-refractivity contribution in [2.24, 2.45) is 0 Å². The fourth-order valence-corrected chi connectivity index (χ4v) is 2.19. The van der Waals surface area contributed by atoms with Gasteiger partial charge in [-0.15, -0.1) is 0 Å². The van der Waals surface area contributed by atoms with Crippen LogP contribution >= 0.6 is 0 Å². The minimum absolute atomic E-state index is 0.00935. The van der Waals surface area contributed by atoms with Crippen LogP contribution in [0.4, 0.5) is 17.6 Å². The molecule has 24 heavy (non-hydrogen) atoms. The van der Waals surface area contributed by atoms with E-state index in [2.05, 4.69) is 5.32 Å². The monoisotopic (exact) mass is 341 g/mol. The van der Waals surface area contributed by atoms with Crippen molar-refractivity contribution in [3.8, 4) is 0 Å². The largest absolute Gasteiger partial charge is 0.419 e. The Balaban J connectivity index is 1.98. The lowest BCUT2D eigenvalue weighted by Gasteiger charge is -2.13. The van der Waals surface area contributed by atoms with Gasteiger partial charge in [0.25, 0.3) is 5.91 Å². The third-order valence-corrected chi connectivity index (χ3v) is 3.44. The van der Waals surface area contributed by atoms with Crippen molar-refractivity contribution in [3.05, 3.63) is 71.0 Å². The minimum Gasteiger partial charge on any atom is -0.388 e. The molecule has 0 aromatic heterocycles. The maximum atomic E-state index is 13.8. The van der Waals surface area contributed by atoms with Crippen LogP contribution < -0.4 is 5.32 Å². The Morgan fingerprint density at radius 1 is 1.08 bits per heavy atom. The van der Waals surface area contributed by atoms with E-state index in [1.165, 1.54) is 0 Å². The number of carbonyl (C=O) groups is 1. The molecule has 128 valence electrons. The summed E-state index contributed by atoms with van der Waals surface area (Å²) in [4.78, 5) is 11.9. The number of hydrogen-bond donors (Lipinski definition) is 2. The van der Waals surface area contributed by atoms with Gasteiger partial charge in [-0.3, -0.25) is 4.79 Å². The second-order valence-electron chi connectivity index (χ2n) is 5.14. The summed E-state index contributed by atoms with van der Waals surface area (Å²) < 4.78 is 51.7. The van der Waals surface area contributed by atoms with Gasteiger partial charge in [0.2, 0.25) is 0 Å². The molecule has 2 rings (SSSR count). The van der Waals surface area contributed by atoms with E-state index in [-0.39, 0.29) is 13.0 Å². The zero-order chi connectivity index (χ0) is 17.7. The second kappa shape index (κ2) is 7.44. The highest BCUT2D eigenvalue weighted by Crippen LogP contribution is 2.32. The summed E-state index contributed by atoms with van der Waals surface area (Å²) in [5, 5.41) is 12.2.